The van der Waals surface area contributed by atoms with Crippen LogP contribution in [0, 0.1) is 0 Å². The largest absolute Gasteiger partial charge is 0.391 e. The molecule has 1 aliphatic rings. The molecule has 1 heterocycles. The number of piperazine rings is 1. The first-order chi connectivity index (χ1) is 7.65. The van der Waals surface area contributed by atoms with Crippen molar-refractivity contribution in [2.24, 2.45) is 0 Å². The van der Waals surface area contributed by atoms with Crippen molar-refractivity contribution in [3.05, 3.63) is 0 Å². The van der Waals surface area contributed by atoms with E-state index in [4.69, 9.17) is 0 Å². The van der Waals surface area contributed by atoms with Crippen molar-refractivity contribution in [1.29, 1.82) is 0 Å². The van der Waals surface area contributed by atoms with Crippen LogP contribution in [0.2, 0.25) is 0 Å². The molecule has 0 spiro atoms. The third-order valence-electron chi connectivity index (χ3n) is 3.70. The lowest BCUT2D eigenvalue weighted by Crippen LogP contribution is -2.55. The molecule has 0 saturated carbocycles. The van der Waals surface area contributed by atoms with Crippen molar-refractivity contribution in [2.75, 3.05) is 33.7 Å². The number of unbranched alkanes of at least 4 members (excludes halogenated alkanes) is 3. The monoisotopic (exact) mass is 228 g/mol. The smallest absolute Gasteiger partial charge is 0.0707 e. The van der Waals surface area contributed by atoms with E-state index in [0.717, 1.165) is 26.1 Å². The van der Waals surface area contributed by atoms with Crippen molar-refractivity contribution in [2.45, 2.75) is 51.2 Å². The molecule has 0 aromatic carbocycles. The van der Waals surface area contributed by atoms with Gasteiger partial charge in [0.25, 0.3) is 0 Å². The lowest BCUT2D eigenvalue weighted by Gasteiger charge is -2.40. The van der Waals surface area contributed by atoms with Gasteiger partial charge >= 0.3 is 0 Å². The second-order valence-electron chi connectivity index (χ2n) is 5.23. The van der Waals surface area contributed by atoms with Crippen LogP contribution in [-0.4, -0.2) is 60.8 Å². The summed E-state index contributed by atoms with van der Waals surface area (Å²) in [6.07, 6.45) is 5.81. The average molecular weight is 228 g/mol. The molecule has 0 aliphatic carbocycles. The van der Waals surface area contributed by atoms with Crippen LogP contribution in [0.25, 0.3) is 0 Å². The van der Waals surface area contributed by atoms with Gasteiger partial charge in [-0.15, -0.1) is 0 Å². The summed E-state index contributed by atoms with van der Waals surface area (Å²) in [7, 11) is 4.27. The Balaban J connectivity index is 2.25. The maximum absolute atomic E-state index is 10.2. The first kappa shape index (κ1) is 13.9. The molecule has 0 amide bonds. The molecule has 1 aliphatic heterocycles. The summed E-state index contributed by atoms with van der Waals surface area (Å²) in [5.41, 5.74) is 0. The van der Waals surface area contributed by atoms with Gasteiger partial charge in [-0.2, -0.15) is 0 Å². The van der Waals surface area contributed by atoms with E-state index < -0.39 is 0 Å². The minimum Gasteiger partial charge on any atom is -0.391 e. The van der Waals surface area contributed by atoms with E-state index in [1.807, 2.05) is 0 Å². The predicted molar refractivity (Wildman–Crippen MR) is 68.7 cm³/mol. The summed E-state index contributed by atoms with van der Waals surface area (Å²) >= 11 is 0. The zero-order valence-electron chi connectivity index (χ0n) is 11.2. The van der Waals surface area contributed by atoms with Crippen molar-refractivity contribution in [3.8, 4) is 0 Å². The van der Waals surface area contributed by atoms with E-state index in [9.17, 15) is 5.11 Å². The molecule has 96 valence electrons. The number of hydrogen-bond acceptors (Lipinski definition) is 3. The van der Waals surface area contributed by atoms with Crippen molar-refractivity contribution >= 4 is 0 Å². The molecule has 2 unspecified atom stereocenters. The zero-order chi connectivity index (χ0) is 12.0. The number of nitrogens with zero attached hydrogens (tertiary/aromatic N) is 2. The molecule has 0 aromatic rings. The Hall–Kier alpha value is -0.120. The molecule has 1 N–H and O–H groups in total. The van der Waals surface area contributed by atoms with Crippen LogP contribution >= 0.6 is 0 Å². The van der Waals surface area contributed by atoms with Crippen LogP contribution in [0.4, 0.5) is 0 Å². The van der Waals surface area contributed by atoms with Gasteiger partial charge in [-0.1, -0.05) is 32.6 Å². The van der Waals surface area contributed by atoms with Crippen LogP contribution in [0.1, 0.15) is 39.0 Å². The van der Waals surface area contributed by atoms with Crippen LogP contribution in [-0.2, 0) is 0 Å². The van der Waals surface area contributed by atoms with Gasteiger partial charge in [0, 0.05) is 25.7 Å². The number of likely N-dealkylation sites (N-methyl/N-ethyl adjacent to an activating group) is 2. The highest BCUT2D eigenvalue weighted by Crippen LogP contribution is 2.15. The number of hydrogen-bond donors (Lipinski definition) is 1. The van der Waals surface area contributed by atoms with E-state index in [0.29, 0.717) is 6.04 Å². The van der Waals surface area contributed by atoms with E-state index in [-0.39, 0.29) is 6.10 Å². The molecular weight excluding hydrogens is 200 g/mol. The molecule has 16 heavy (non-hydrogen) atoms. The molecular formula is C13H28N2O. The highest BCUT2D eigenvalue weighted by molar-refractivity contribution is 4.84. The third-order valence-corrected chi connectivity index (χ3v) is 3.70. The topological polar surface area (TPSA) is 26.7 Å². The van der Waals surface area contributed by atoms with Crippen molar-refractivity contribution < 1.29 is 5.11 Å². The van der Waals surface area contributed by atoms with Crippen LogP contribution in [0.3, 0.4) is 0 Å². The quantitative estimate of drug-likeness (QED) is 0.699. The summed E-state index contributed by atoms with van der Waals surface area (Å²) in [6.45, 7) is 5.43. The molecule has 1 saturated heterocycles. The van der Waals surface area contributed by atoms with Crippen molar-refractivity contribution in [3.63, 3.8) is 0 Å². The molecule has 0 radical (unpaired) electrons. The summed E-state index contributed by atoms with van der Waals surface area (Å²) in [5.74, 6) is 0. The van der Waals surface area contributed by atoms with Gasteiger partial charge in [0.2, 0.25) is 0 Å². The van der Waals surface area contributed by atoms with Gasteiger partial charge in [0.05, 0.1) is 6.10 Å². The third kappa shape index (κ3) is 4.40. The summed E-state index contributed by atoms with van der Waals surface area (Å²) in [4.78, 5) is 4.63. The standard InChI is InChI=1S/C13H28N2O/c1-4-5-6-7-8-13(16)12-11-14(2)9-10-15(12)3/h12-13,16H,4-11H2,1-3H3. The van der Waals surface area contributed by atoms with Crippen molar-refractivity contribution in [1.82, 2.24) is 9.80 Å². The first-order valence-electron chi connectivity index (χ1n) is 6.72. The van der Waals surface area contributed by atoms with E-state index in [1.165, 1.54) is 25.7 Å². The summed E-state index contributed by atoms with van der Waals surface area (Å²) < 4.78 is 0. The fourth-order valence-electron chi connectivity index (χ4n) is 2.43. The Labute approximate surface area is 100 Å². The predicted octanol–water partition coefficient (Wildman–Crippen LogP) is 1.56. The zero-order valence-corrected chi connectivity index (χ0v) is 11.2. The van der Waals surface area contributed by atoms with E-state index in [2.05, 4.69) is 30.8 Å². The summed E-state index contributed by atoms with van der Waals surface area (Å²) in [6, 6.07) is 0.334. The van der Waals surface area contributed by atoms with Crippen LogP contribution < -0.4 is 0 Å². The molecule has 3 nitrogen and oxygen atoms in total. The Morgan fingerprint density at radius 3 is 2.62 bits per heavy atom. The minimum atomic E-state index is -0.149. The maximum Gasteiger partial charge on any atom is 0.0707 e. The molecule has 3 heteroatoms. The molecule has 1 fully saturated rings. The Morgan fingerprint density at radius 2 is 1.94 bits per heavy atom. The highest BCUT2D eigenvalue weighted by atomic mass is 16.3. The number of aliphatic hydroxyl groups is 1. The lowest BCUT2D eigenvalue weighted by molar-refractivity contribution is 0.00975. The Bertz CT molecular complexity index is 187. The number of rotatable bonds is 6. The second kappa shape index (κ2) is 7.25. The summed E-state index contributed by atoms with van der Waals surface area (Å²) in [5, 5.41) is 10.2. The van der Waals surface area contributed by atoms with Crippen LogP contribution in [0.5, 0.6) is 0 Å². The second-order valence-corrected chi connectivity index (χ2v) is 5.23. The fourth-order valence-corrected chi connectivity index (χ4v) is 2.43. The molecule has 0 bridgehead atoms. The molecule has 1 rings (SSSR count). The SMILES string of the molecule is CCCCCCC(O)C1CN(C)CCN1C. The molecule has 2 atom stereocenters. The molecule has 0 aromatic heterocycles. The van der Waals surface area contributed by atoms with Crippen LogP contribution in [0.15, 0.2) is 0 Å². The van der Waals surface area contributed by atoms with Gasteiger partial charge in [-0.25, -0.2) is 0 Å². The first-order valence-corrected chi connectivity index (χ1v) is 6.72. The lowest BCUT2D eigenvalue weighted by atomic mass is 10.0. The van der Waals surface area contributed by atoms with Gasteiger partial charge < -0.3 is 10.0 Å². The number of aliphatic hydroxyl groups excluding tert-OH is 1. The van der Waals surface area contributed by atoms with Gasteiger partial charge in [-0.05, 0) is 20.5 Å². The Morgan fingerprint density at radius 1 is 1.19 bits per heavy atom. The van der Waals surface area contributed by atoms with E-state index >= 15 is 0 Å². The van der Waals surface area contributed by atoms with Gasteiger partial charge in [0.15, 0.2) is 0 Å². The maximum atomic E-state index is 10.2. The minimum absolute atomic E-state index is 0.149. The highest BCUT2D eigenvalue weighted by Gasteiger charge is 2.27. The normalized spacial score (nSPS) is 25.9. The fraction of sp³-hybridized carbons (Fsp3) is 1.00. The Kier molecular flexibility index (Phi) is 6.32. The van der Waals surface area contributed by atoms with Gasteiger partial charge in [-0.3, -0.25) is 4.90 Å². The van der Waals surface area contributed by atoms with E-state index in [1.54, 1.807) is 0 Å². The average Bonchev–Trinajstić information content (AvgIpc) is 2.27. The van der Waals surface area contributed by atoms with Gasteiger partial charge in [0.1, 0.15) is 0 Å².